The van der Waals surface area contributed by atoms with E-state index in [4.69, 9.17) is 82.2 Å². The minimum absolute atomic E-state index is 0.0122. The number of hydrogen-bond donors (Lipinski definition) is 17. The Hall–Kier alpha value is -11.6. The van der Waals surface area contributed by atoms with Crippen LogP contribution >= 0.6 is 0 Å². The summed E-state index contributed by atoms with van der Waals surface area (Å²) in [6, 6.07) is 59.2. The van der Waals surface area contributed by atoms with Crippen LogP contribution in [0.2, 0.25) is 0 Å². The number of carbonyl (C=O) groups excluding carboxylic acids is 4. The average molecular weight is 1740 g/mol. The Labute approximate surface area is 740 Å². The lowest BCUT2D eigenvalue weighted by Gasteiger charge is -2.32. The molecule has 27 nitrogen and oxygen atoms in total. The summed E-state index contributed by atoms with van der Waals surface area (Å²) < 4.78 is 0. The quantitative estimate of drug-likeness (QED) is 0.0283. The third-order valence-corrected chi connectivity index (χ3v) is 22.1. The lowest BCUT2D eigenvalue weighted by Crippen LogP contribution is -2.53. The second-order valence-electron chi connectivity index (χ2n) is 33.1. The van der Waals surface area contributed by atoms with Crippen molar-refractivity contribution in [3.05, 3.63) is 255 Å². The van der Waals surface area contributed by atoms with E-state index >= 15 is 0 Å². The molecule has 0 aromatic heterocycles. The zero-order valence-corrected chi connectivity index (χ0v) is 75.1. The smallest absolute Gasteiger partial charge is 0.323 e. The van der Waals surface area contributed by atoms with Crippen molar-refractivity contribution in [3.63, 3.8) is 0 Å². The van der Waals surface area contributed by atoms with E-state index < -0.39 is 82.1 Å². The molecule has 2 fully saturated rings. The molecule has 12 rings (SSSR count). The fourth-order valence-electron chi connectivity index (χ4n) is 13.1. The molecule has 3 aliphatic rings. The number of aromatic hydroxyl groups is 1. The molecule has 1 heterocycles. The SMILES string of the molecule is CC(=O)[C@@H](N)Cc1c(C)cc(C)cc1C.CC(=O)[C@@H](N)Cc1c(C)cc(O)cc1C.CC(=O)[C@@H](N)Cc1ccc2ccccc2c1.CC(=O)[C@@H](N)Cc1cccc2ccccc12.CC(C)(N)C(=O)O.CCC(N)(CC)C(=O)O.NC1(C(=O)O)CCC1.NC1(C(=O)O)CCCC1.N[C@@H](Cc1ccc(-c2ccccc2)cc1)C(=O)O.O=C(O)[C@@H]1Cc2ccccc2CN1. The van der Waals surface area contributed by atoms with Gasteiger partial charge in [-0.2, -0.15) is 0 Å². The summed E-state index contributed by atoms with van der Waals surface area (Å²) >= 11 is 0. The number of hydrogen-bond acceptors (Lipinski definition) is 21. The second-order valence-corrected chi connectivity index (χ2v) is 33.1. The standard InChI is InChI=1S/C15H15NO2.2C14H15NO.C13H19NO.C12H17NO2.C10H11NO2.C6H11NO2.C6H13NO2.C5H9NO2.C4H9NO2/c16-14(15(17)18)10-11-6-8-13(9-7-11)12-4-2-1-3-5-12;1-10(16)14(15)9-12-7-4-6-11-5-2-3-8-13(11)12;1-10(16)14(15)9-11-6-7-12-4-2-3-5-13(12)8-11;1-8-5-9(2)12(10(3)6-8)7-13(14)11(4)15;1-7-4-10(15)5-8(2)11(7)6-12(13)9(3)14;12-10(13)9-5-7-3-1-2-4-8(7)6-11-9;7-6(5(8)9)3-1-2-4-6;1-3-6(7,4-2)5(8)9;6-5(4(7)8)2-1-3-5;1-4(2,5)3(6)7/h1-9,14H,10,16H2,(H,17,18);2*2-8,14H,9,15H2,1H3;5-6,13H,7,14H2,1-4H3;4-5,12,15H,6,13H2,1-3H3;1-4,9,11H,5-6H2,(H,12,13);1-4,7H2,(H,8,9);3-4,7H2,1-2H3,(H,8,9);1-3,6H2,(H,7,8);5H2,1-2H3,(H,6,7)/t3*14-;13-;12-;9-;;;;/m000000..../s1. The van der Waals surface area contributed by atoms with Crippen LogP contribution in [0.5, 0.6) is 5.75 Å². The molecule has 2 aliphatic carbocycles. The van der Waals surface area contributed by atoms with Crippen molar-refractivity contribution >= 4 is 80.5 Å². The molecule has 27 heteroatoms. The number of carbonyl (C=O) groups is 10. The molecule has 9 aromatic carbocycles. The van der Waals surface area contributed by atoms with Crippen LogP contribution < -0.4 is 56.9 Å². The maximum atomic E-state index is 11.2. The summed E-state index contributed by atoms with van der Waals surface area (Å²) in [5.41, 5.74) is 61.8. The second kappa shape index (κ2) is 52.4. The van der Waals surface area contributed by atoms with E-state index in [2.05, 4.69) is 80.7 Å². The lowest BCUT2D eigenvalue weighted by atomic mass is 9.78. The summed E-state index contributed by atoms with van der Waals surface area (Å²) in [4.78, 5) is 107. The highest BCUT2D eigenvalue weighted by molar-refractivity contribution is 5.89. The number of nitrogens with one attached hydrogen (secondary N) is 1. The van der Waals surface area contributed by atoms with Gasteiger partial charge in [-0.15, -0.1) is 0 Å². The molecule has 0 saturated heterocycles. The Morgan fingerprint density at radius 3 is 1.23 bits per heavy atom. The first-order chi connectivity index (χ1) is 58.9. The third-order valence-electron chi connectivity index (χ3n) is 22.1. The molecule has 0 radical (unpaired) electrons. The maximum Gasteiger partial charge on any atom is 0.323 e. The largest absolute Gasteiger partial charge is 0.508 e. The highest BCUT2D eigenvalue weighted by Gasteiger charge is 2.40. The van der Waals surface area contributed by atoms with Crippen LogP contribution in [0.3, 0.4) is 0 Å². The van der Waals surface area contributed by atoms with E-state index in [1.165, 1.54) is 84.0 Å². The molecule has 0 amide bonds. The number of nitrogens with two attached hydrogens (primary N) is 9. The van der Waals surface area contributed by atoms with E-state index in [-0.39, 0.29) is 41.0 Å². The van der Waals surface area contributed by atoms with E-state index in [9.17, 15) is 53.1 Å². The average Bonchev–Trinajstić information content (AvgIpc) is 1.21. The minimum Gasteiger partial charge on any atom is -0.508 e. The first-order valence-corrected chi connectivity index (χ1v) is 42.0. The number of aryl methyl sites for hydroxylation is 5. The van der Waals surface area contributed by atoms with Crippen LogP contribution in [0.25, 0.3) is 32.7 Å². The molecule has 0 unspecified atom stereocenters. The van der Waals surface area contributed by atoms with E-state index in [1.54, 1.807) is 32.9 Å². The van der Waals surface area contributed by atoms with E-state index in [0.29, 0.717) is 83.6 Å². The van der Waals surface area contributed by atoms with Crippen LogP contribution in [-0.2, 0) is 93.0 Å². The fourth-order valence-corrected chi connectivity index (χ4v) is 13.1. The Balaban J connectivity index is 0.000000366. The van der Waals surface area contributed by atoms with Gasteiger partial charge in [0.15, 0.2) is 0 Å². The van der Waals surface area contributed by atoms with Crippen molar-refractivity contribution in [1.82, 2.24) is 5.32 Å². The normalized spacial score (nSPS) is 14.8. The Kier molecular flexibility index (Phi) is 45.1. The predicted octanol–water partition coefficient (Wildman–Crippen LogP) is 11.9. The monoisotopic (exact) mass is 1730 g/mol. The molecule has 9 aromatic rings. The van der Waals surface area contributed by atoms with Crippen LogP contribution in [0, 0.1) is 34.6 Å². The predicted molar refractivity (Wildman–Crippen MR) is 498 cm³/mol. The van der Waals surface area contributed by atoms with Gasteiger partial charge in [-0.05, 0) is 266 Å². The van der Waals surface area contributed by atoms with Crippen molar-refractivity contribution in [2.75, 3.05) is 0 Å². The zero-order chi connectivity index (χ0) is 95.1. The van der Waals surface area contributed by atoms with Gasteiger partial charge >= 0.3 is 35.8 Å². The van der Waals surface area contributed by atoms with Gasteiger partial charge in [-0.3, -0.25) is 47.9 Å². The van der Waals surface area contributed by atoms with Crippen molar-refractivity contribution in [3.8, 4) is 16.9 Å². The van der Waals surface area contributed by atoms with Gasteiger partial charge in [0.05, 0.1) is 24.2 Å². The number of fused-ring (bicyclic) bond motifs is 3. The lowest BCUT2D eigenvalue weighted by molar-refractivity contribution is -0.147. The van der Waals surface area contributed by atoms with Gasteiger partial charge in [0.25, 0.3) is 0 Å². The molecule has 0 spiro atoms. The first-order valence-electron chi connectivity index (χ1n) is 42.0. The number of phenolic OH excluding ortho intramolecular Hbond substituents is 1. The van der Waals surface area contributed by atoms with Crippen LogP contribution in [0.15, 0.2) is 188 Å². The summed E-state index contributed by atoms with van der Waals surface area (Å²) in [6.45, 7) is 23.2. The van der Waals surface area contributed by atoms with Gasteiger partial charge in [-0.1, -0.05) is 208 Å². The molecule has 682 valence electrons. The van der Waals surface area contributed by atoms with Crippen LogP contribution in [0.4, 0.5) is 0 Å². The number of ketones is 4. The Morgan fingerprint density at radius 1 is 0.429 bits per heavy atom. The van der Waals surface area contributed by atoms with Crippen molar-refractivity contribution in [2.24, 2.45) is 51.6 Å². The van der Waals surface area contributed by atoms with Crippen LogP contribution in [0.1, 0.15) is 180 Å². The van der Waals surface area contributed by atoms with Gasteiger partial charge in [0.2, 0.25) is 0 Å². The number of rotatable bonds is 23. The van der Waals surface area contributed by atoms with Crippen molar-refractivity contribution in [1.29, 1.82) is 0 Å². The highest BCUT2D eigenvalue weighted by atomic mass is 16.4. The van der Waals surface area contributed by atoms with Crippen LogP contribution in [-0.4, -0.2) is 153 Å². The molecular weight excluding hydrogens is 1600 g/mol. The fraction of sp³-hybridized carbons (Fsp3) is 0.394. The highest BCUT2D eigenvalue weighted by Crippen LogP contribution is 2.30. The number of benzene rings is 9. The number of aliphatic carboxylic acids is 6. The minimum atomic E-state index is -1.08. The number of phenols is 1. The summed E-state index contributed by atoms with van der Waals surface area (Å²) in [7, 11) is 0. The molecule has 2 saturated carbocycles. The summed E-state index contributed by atoms with van der Waals surface area (Å²) in [5.74, 6) is -4.97. The van der Waals surface area contributed by atoms with E-state index in [0.717, 1.165) is 69.3 Å². The molecule has 1 aliphatic heterocycles. The van der Waals surface area contributed by atoms with Gasteiger partial charge in [-0.25, -0.2) is 0 Å². The number of carboxylic acids is 6. The molecule has 6 atom stereocenters. The number of Topliss-reactive ketones (excluding diaryl/α,β-unsaturated/α-hetero) is 4. The summed E-state index contributed by atoms with van der Waals surface area (Å²) in [6.07, 6.45) is 9.76. The van der Waals surface area contributed by atoms with E-state index in [1.807, 2.05) is 135 Å². The topological polar surface area (TPSA) is 559 Å². The molecule has 126 heavy (non-hydrogen) atoms. The van der Waals surface area contributed by atoms with Crippen molar-refractivity contribution < 1.29 is 83.7 Å². The summed E-state index contributed by atoms with van der Waals surface area (Å²) in [5, 5.41) is 68.2. The maximum absolute atomic E-state index is 11.2. The molecule has 0 bridgehead atoms. The Morgan fingerprint density at radius 2 is 0.817 bits per heavy atom. The third kappa shape index (κ3) is 36.9. The molecule has 26 N–H and O–H groups in total. The zero-order valence-electron chi connectivity index (χ0n) is 75.1. The molecular formula is C99H134N10O17. The van der Waals surface area contributed by atoms with Gasteiger partial charge < -0.3 is 92.7 Å². The van der Waals surface area contributed by atoms with Gasteiger partial charge in [0.1, 0.15) is 63.1 Å². The van der Waals surface area contributed by atoms with Crippen molar-refractivity contribution in [2.45, 2.75) is 251 Å². The van der Waals surface area contributed by atoms with Gasteiger partial charge in [0, 0.05) is 6.54 Å². The first kappa shape index (κ1) is 109. The Bertz CT molecular complexity index is 4930. The number of carboxylic acid groups (broad SMARTS) is 6.